The summed E-state index contributed by atoms with van der Waals surface area (Å²) in [5, 5.41) is 36.6. The second-order valence-electron chi connectivity index (χ2n) is 8.79. The third kappa shape index (κ3) is 1.97. The van der Waals surface area contributed by atoms with Gasteiger partial charge in [0.25, 0.3) is 0 Å². The summed E-state index contributed by atoms with van der Waals surface area (Å²) in [6.07, 6.45) is 8.13. The fourth-order valence-corrected chi connectivity index (χ4v) is 6.73. The van der Waals surface area contributed by atoms with Crippen LogP contribution in [0, 0.1) is 28.6 Å². The predicted octanol–water partition coefficient (Wildman–Crippen LogP) is 3.58. The SMILES string of the molecule is C[C@]12CC/C(=N\O)C=C1CC[C@@H]1C2[C@@H](O)C[C@]2(C)/C(=N\O)CC[C@@H]12. The number of nitrogens with zero attached hydrogens (tertiary/aromatic N) is 2. The van der Waals surface area contributed by atoms with Crippen LogP contribution in [0.4, 0.5) is 0 Å². The van der Waals surface area contributed by atoms with Crippen molar-refractivity contribution in [3.63, 3.8) is 0 Å². The summed E-state index contributed by atoms with van der Waals surface area (Å²) in [6, 6.07) is 0. The minimum absolute atomic E-state index is 0.00301. The molecule has 0 saturated heterocycles. The highest BCUT2D eigenvalue weighted by atomic mass is 16.4. The van der Waals surface area contributed by atoms with E-state index in [1.165, 1.54) is 5.57 Å². The van der Waals surface area contributed by atoms with Gasteiger partial charge in [0.15, 0.2) is 0 Å². The minimum Gasteiger partial charge on any atom is -0.411 e. The summed E-state index contributed by atoms with van der Waals surface area (Å²) in [4.78, 5) is 0. The van der Waals surface area contributed by atoms with Crippen molar-refractivity contribution in [2.24, 2.45) is 38.9 Å². The lowest BCUT2D eigenvalue weighted by atomic mass is 9.46. The molecule has 3 fully saturated rings. The van der Waals surface area contributed by atoms with E-state index in [4.69, 9.17) is 5.21 Å². The van der Waals surface area contributed by atoms with Crippen LogP contribution < -0.4 is 0 Å². The van der Waals surface area contributed by atoms with Gasteiger partial charge in [-0.05, 0) is 74.2 Å². The van der Waals surface area contributed by atoms with Gasteiger partial charge in [-0.15, -0.1) is 0 Å². The zero-order valence-electron chi connectivity index (χ0n) is 14.6. The van der Waals surface area contributed by atoms with Crippen LogP contribution in [0.5, 0.6) is 0 Å². The second-order valence-corrected chi connectivity index (χ2v) is 8.79. The molecule has 4 rings (SSSR count). The van der Waals surface area contributed by atoms with Gasteiger partial charge in [-0.1, -0.05) is 29.7 Å². The molecule has 5 nitrogen and oxygen atoms in total. The first-order chi connectivity index (χ1) is 11.4. The molecule has 0 heterocycles. The highest BCUT2D eigenvalue weighted by molar-refractivity contribution is 5.96. The van der Waals surface area contributed by atoms with Crippen molar-refractivity contribution >= 4 is 11.4 Å². The van der Waals surface area contributed by atoms with Crippen molar-refractivity contribution in [1.82, 2.24) is 0 Å². The number of oxime groups is 2. The Labute approximate surface area is 143 Å². The zero-order valence-corrected chi connectivity index (χ0v) is 14.6. The lowest BCUT2D eigenvalue weighted by Gasteiger charge is -2.59. The third-order valence-corrected chi connectivity index (χ3v) is 7.90. The molecule has 5 heteroatoms. The van der Waals surface area contributed by atoms with E-state index in [2.05, 4.69) is 30.2 Å². The first-order valence-corrected chi connectivity index (χ1v) is 9.25. The van der Waals surface area contributed by atoms with Gasteiger partial charge in [0.2, 0.25) is 0 Å². The lowest BCUT2D eigenvalue weighted by molar-refractivity contribution is -0.103. The molecular weight excluding hydrogens is 304 g/mol. The van der Waals surface area contributed by atoms with Gasteiger partial charge in [-0.2, -0.15) is 0 Å². The molecule has 132 valence electrons. The van der Waals surface area contributed by atoms with Crippen LogP contribution in [0.1, 0.15) is 58.8 Å². The maximum absolute atomic E-state index is 11.1. The lowest BCUT2D eigenvalue weighted by Crippen LogP contribution is -2.56. The van der Waals surface area contributed by atoms with Crippen molar-refractivity contribution in [2.75, 3.05) is 0 Å². The maximum atomic E-state index is 11.1. The maximum Gasteiger partial charge on any atom is 0.0795 e. The second kappa shape index (κ2) is 5.32. The molecular formula is C19H28N2O3. The Morgan fingerprint density at radius 1 is 1.04 bits per heavy atom. The largest absolute Gasteiger partial charge is 0.411 e. The van der Waals surface area contributed by atoms with E-state index in [1.807, 2.05) is 0 Å². The van der Waals surface area contributed by atoms with Crippen LogP contribution in [-0.4, -0.2) is 33.0 Å². The molecule has 0 bridgehead atoms. The van der Waals surface area contributed by atoms with Crippen LogP contribution in [0.15, 0.2) is 22.0 Å². The highest BCUT2D eigenvalue weighted by Crippen LogP contribution is 2.64. The summed E-state index contributed by atoms with van der Waals surface area (Å²) >= 11 is 0. The average Bonchev–Trinajstić information content (AvgIpc) is 2.89. The molecule has 4 aliphatic rings. The molecule has 0 radical (unpaired) electrons. The smallest absolute Gasteiger partial charge is 0.0795 e. The number of allylic oxidation sites excluding steroid dienone is 2. The number of rotatable bonds is 0. The van der Waals surface area contributed by atoms with Crippen molar-refractivity contribution in [1.29, 1.82) is 0 Å². The van der Waals surface area contributed by atoms with E-state index in [0.29, 0.717) is 18.3 Å². The van der Waals surface area contributed by atoms with E-state index >= 15 is 0 Å². The molecule has 24 heavy (non-hydrogen) atoms. The summed E-state index contributed by atoms with van der Waals surface area (Å²) < 4.78 is 0. The molecule has 0 aromatic heterocycles. The van der Waals surface area contributed by atoms with Crippen molar-refractivity contribution in [2.45, 2.75) is 64.9 Å². The van der Waals surface area contributed by atoms with Gasteiger partial charge in [0.05, 0.1) is 17.5 Å². The first kappa shape index (κ1) is 16.1. The number of aliphatic hydroxyl groups excluding tert-OH is 1. The molecule has 4 aliphatic carbocycles. The van der Waals surface area contributed by atoms with Crippen molar-refractivity contribution in [3.8, 4) is 0 Å². The first-order valence-electron chi connectivity index (χ1n) is 9.25. The van der Waals surface area contributed by atoms with E-state index in [9.17, 15) is 10.3 Å². The Morgan fingerprint density at radius 3 is 2.54 bits per heavy atom. The molecule has 3 N–H and O–H groups in total. The molecule has 0 spiro atoms. The normalized spacial score (nSPS) is 51.0. The number of fused-ring (bicyclic) bond motifs is 5. The monoisotopic (exact) mass is 332 g/mol. The quantitative estimate of drug-likeness (QED) is 0.468. The van der Waals surface area contributed by atoms with Gasteiger partial charge in [-0.25, -0.2) is 0 Å². The summed E-state index contributed by atoms with van der Waals surface area (Å²) in [6.45, 7) is 4.48. The van der Waals surface area contributed by atoms with Crippen LogP contribution in [-0.2, 0) is 0 Å². The molecule has 0 aromatic rings. The Morgan fingerprint density at radius 2 is 1.83 bits per heavy atom. The Balaban J connectivity index is 1.73. The molecule has 0 aromatic carbocycles. The third-order valence-electron chi connectivity index (χ3n) is 7.90. The summed E-state index contributed by atoms with van der Waals surface area (Å²) in [7, 11) is 0. The van der Waals surface area contributed by atoms with Gasteiger partial charge in [-0.3, -0.25) is 0 Å². The van der Waals surface area contributed by atoms with E-state index < -0.39 is 0 Å². The predicted molar refractivity (Wildman–Crippen MR) is 91.5 cm³/mol. The molecule has 0 aliphatic heterocycles. The minimum atomic E-state index is -0.368. The Kier molecular flexibility index (Phi) is 3.57. The van der Waals surface area contributed by atoms with Crippen LogP contribution in [0.3, 0.4) is 0 Å². The number of hydrogen-bond acceptors (Lipinski definition) is 5. The Hall–Kier alpha value is -1.36. The van der Waals surface area contributed by atoms with Crippen molar-refractivity contribution < 1.29 is 15.5 Å². The van der Waals surface area contributed by atoms with Crippen LogP contribution in [0.25, 0.3) is 0 Å². The zero-order chi connectivity index (χ0) is 17.1. The molecule has 6 atom stereocenters. The van der Waals surface area contributed by atoms with Crippen molar-refractivity contribution in [3.05, 3.63) is 11.6 Å². The molecule has 1 unspecified atom stereocenters. The highest BCUT2D eigenvalue weighted by Gasteiger charge is 2.61. The molecule has 3 saturated carbocycles. The number of hydrogen-bond donors (Lipinski definition) is 3. The van der Waals surface area contributed by atoms with Crippen LogP contribution >= 0.6 is 0 Å². The van der Waals surface area contributed by atoms with Gasteiger partial charge >= 0.3 is 0 Å². The number of aliphatic hydroxyl groups is 1. The van der Waals surface area contributed by atoms with Gasteiger partial charge in [0.1, 0.15) is 0 Å². The topological polar surface area (TPSA) is 85.4 Å². The van der Waals surface area contributed by atoms with E-state index in [-0.39, 0.29) is 22.9 Å². The van der Waals surface area contributed by atoms with Crippen LogP contribution in [0.2, 0.25) is 0 Å². The summed E-state index contributed by atoms with van der Waals surface area (Å²) in [5.74, 6) is 1.24. The van der Waals surface area contributed by atoms with E-state index in [1.54, 1.807) is 0 Å². The van der Waals surface area contributed by atoms with E-state index in [0.717, 1.165) is 49.9 Å². The molecule has 0 amide bonds. The summed E-state index contributed by atoms with van der Waals surface area (Å²) in [5.41, 5.74) is 2.84. The average molecular weight is 332 g/mol. The Bertz CT molecular complexity index is 641. The fourth-order valence-electron chi connectivity index (χ4n) is 6.73. The standard InChI is InChI=1S/C19H28N2O3/c1-18-8-7-12(20-23)9-11(18)3-4-13-14-5-6-16(21-24)19(14,2)10-15(22)17(13)18/h9,13-15,17,22-24H,3-8,10H2,1-2H3/b20-12+,21-16-/t13-,14-,15-,17?,18-,19-/m0/s1. The van der Waals surface area contributed by atoms with Gasteiger partial charge < -0.3 is 15.5 Å². The van der Waals surface area contributed by atoms with Gasteiger partial charge in [0, 0.05) is 5.41 Å². The fraction of sp³-hybridized carbons (Fsp3) is 0.789.